The van der Waals surface area contributed by atoms with E-state index in [2.05, 4.69) is 18.7 Å². The summed E-state index contributed by atoms with van der Waals surface area (Å²) in [4.78, 5) is 22.5. The molecule has 2 aromatic carbocycles. The number of nitrogens with zero attached hydrogens (tertiary/aromatic N) is 3. The highest BCUT2D eigenvalue weighted by Gasteiger charge is 2.24. The second-order valence-corrected chi connectivity index (χ2v) is 8.38. The number of ether oxygens (including phenoxy) is 3. The summed E-state index contributed by atoms with van der Waals surface area (Å²) in [5, 5.41) is 0.666. The van der Waals surface area contributed by atoms with Crippen LogP contribution in [0, 0.1) is 0 Å². The van der Waals surface area contributed by atoms with Gasteiger partial charge in [-0.3, -0.25) is 9.69 Å². The molecule has 4 rings (SSSR count). The molecule has 1 aliphatic heterocycles. The standard InChI is InChI=1S/C24H29N3O4S/c1-4-26(5-2)12-13-27(23(28)17-10-11-18-20(16-17)31-15-14-30-18)24-25-22-19(29-6-3)8-7-9-21(22)32-24/h7-11,16H,4-6,12-15H2,1-3H3. The van der Waals surface area contributed by atoms with E-state index in [1.807, 2.05) is 25.1 Å². The Balaban J connectivity index is 1.69. The van der Waals surface area contributed by atoms with Gasteiger partial charge in [0.05, 0.1) is 11.3 Å². The maximum atomic E-state index is 13.7. The van der Waals surface area contributed by atoms with Gasteiger partial charge in [0, 0.05) is 18.7 Å². The molecule has 0 unspecified atom stereocenters. The number of rotatable bonds is 9. The largest absolute Gasteiger partial charge is 0.492 e. The highest BCUT2D eigenvalue weighted by molar-refractivity contribution is 7.22. The van der Waals surface area contributed by atoms with E-state index in [9.17, 15) is 4.79 Å². The van der Waals surface area contributed by atoms with Crippen LogP contribution in [0.4, 0.5) is 5.13 Å². The second-order valence-electron chi connectivity index (χ2n) is 7.37. The molecule has 1 amide bonds. The Morgan fingerprint density at radius 2 is 1.84 bits per heavy atom. The van der Waals surface area contributed by atoms with Crippen molar-refractivity contribution in [1.29, 1.82) is 0 Å². The zero-order valence-electron chi connectivity index (χ0n) is 18.8. The molecule has 0 spiro atoms. The van der Waals surface area contributed by atoms with E-state index in [-0.39, 0.29) is 5.91 Å². The van der Waals surface area contributed by atoms with Crippen LogP contribution in [0.5, 0.6) is 17.2 Å². The summed E-state index contributed by atoms with van der Waals surface area (Å²) in [5.41, 5.74) is 1.34. The minimum atomic E-state index is -0.105. The highest BCUT2D eigenvalue weighted by atomic mass is 32.1. The van der Waals surface area contributed by atoms with Crippen LogP contribution in [0.2, 0.25) is 0 Å². The molecule has 32 heavy (non-hydrogen) atoms. The van der Waals surface area contributed by atoms with Gasteiger partial charge >= 0.3 is 0 Å². The molecule has 170 valence electrons. The molecule has 0 saturated carbocycles. The quantitative estimate of drug-likeness (QED) is 0.475. The lowest BCUT2D eigenvalue weighted by Gasteiger charge is -2.25. The minimum Gasteiger partial charge on any atom is -0.492 e. The zero-order valence-corrected chi connectivity index (χ0v) is 19.6. The Morgan fingerprint density at radius 1 is 1.06 bits per heavy atom. The number of para-hydroxylation sites is 1. The molecule has 8 heteroatoms. The van der Waals surface area contributed by atoms with Crippen LogP contribution in [0.15, 0.2) is 36.4 Å². The Hall–Kier alpha value is -2.84. The molecule has 1 aromatic heterocycles. The van der Waals surface area contributed by atoms with E-state index in [1.165, 1.54) is 11.3 Å². The number of hydrogen-bond acceptors (Lipinski definition) is 7. The summed E-state index contributed by atoms with van der Waals surface area (Å²) >= 11 is 1.50. The number of thiazole rings is 1. The first-order valence-corrected chi connectivity index (χ1v) is 11.9. The lowest BCUT2D eigenvalue weighted by atomic mass is 10.1. The van der Waals surface area contributed by atoms with Gasteiger partial charge in [-0.05, 0) is 50.3 Å². The van der Waals surface area contributed by atoms with Crippen LogP contribution < -0.4 is 19.1 Å². The third kappa shape index (κ3) is 4.66. The summed E-state index contributed by atoms with van der Waals surface area (Å²) in [6.07, 6.45) is 0. The van der Waals surface area contributed by atoms with Gasteiger partial charge in [0.15, 0.2) is 16.6 Å². The molecule has 0 bridgehead atoms. The number of aromatic nitrogens is 1. The van der Waals surface area contributed by atoms with Gasteiger partial charge in [-0.25, -0.2) is 4.98 Å². The van der Waals surface area contributed by atoms with Gasteiger partial charge in [0.1, 0.15) is 24.5 Å². The maximum absolute atomic E-state index is 13.7. The number of anilines is 1. The van der Waals surface area contributed by atoms with Crippen LogP contribution in [0.1, 0.15) is 31.1 Å². The molecule has 0 radical (unpaired) electrons. The van der Waals surface area contributed by atoms with Crippen LogP contribution >= 0.6 is 11.3 Å². The third-order valence-electron chi connectivity index (χ3n) is 5.47. The first kappa shape index (κ1) is 22.4. The smallest absolute Gasteiger partial charge is 0.260 e. The van der Waals surface area contributed by atoms with Gasteiger partial charge in [0.25, 0.3) is 5.91 Å². The summed E-state index contributed by atoms with van der Waals surface area (Å²) in [6, 6.07) is 11.2. The number of amides is 1. The third-order valence-corrected chi connectivity index (χ3v) is 6.51. The van der Waals surface area contributed by atoms with Crippen molar-refractivity contribution < 1.29 is 19.0 Å². The molecule has 0 atom stereocenters. The van der Waals surface area contributed by atoms with Crippen molar-refractivity contribution in [2.75, 3.05) is 50.9 Å². The fourth-order valence-corrected chi connectivity index (χ4v) is 4.70. The van der Waals surface area contributed by atoms with Crippen molar-refractivity contribution in [2.24, 2.45) is 0 Å². The number of carbonyl (C=O) groups is 1. The monoisotopic (exact) mass is 455 g/mol. The van der Waals surface area contributed by atoms with Crippen molar-refractivity contribution in [3.8, 4) is 17.2 Å². The first-order valence-electron chi connectivity index (χ1n) is 11.1. The summed E-state index contributed by atoms with van der Waals surface area (Å²) in [6.45, 7) is 10.9. The molecule has 0 N–H and O–H groups in total. The Morgan fingerprint density at radius 3 is 2.59 bits per heavy atom. The van der Waals surface area contributed by atoms with Gasteiger partial charge in [0.2, 0.25) is 0 Å². The van der Waals surface area contributed by atoms with Crippen molar-refractivity contribution in [3.63, 3.8) is 0 Å². The van der Waals surface area contributed by atoms with Crippen LogP contribution in [-0.4, -0.2) is 61.8 Å². The molecule has 2 heterocycles. The van der Waals surface area contributed by atoms with Crippen molar-refractivity contribution in [3.05, 3.63) is 42.0 Å². The molecular formula is C24H29N3O4S. The molecule has 0 fully saturated rings. The normalized spacial score (nSPS) is 12.9. The molecule has 0 aliphatic carbocycles. The number of benzene rings is 2. The van der Waals surface area contributed by atoms with Crippen LogP contribution in [0.25, 0.3) is 10.2 Å². The number of likely N-dealkylation sites (N-methyl/N-ethyl adjacent to an activating group) is 1. The summed E-state index contributed by atoms with van der Waals surface area (Å²) in [7, 11) is 0. The maximum Gasteiger partial charge on any atom is 0.260 e. The lowest BCUT2D eigenvalue weighted by Crippen LogP contribution is -2.39. The molecule has 3 aromatic rings. The Labute approximate surface area is 192 Å². The van der Waals surface area contributed by atoms with Gasteiger partial charge in [-0.15, -0.1) is 0 Å². The zero-order chi connectivity index (χ0) is 22.5. The van der Waals surface area contributed by atoms with Gasteiger partial charge in [-0.1, -0.05) is 31.3 Å². The van der Waals surface area contributed by atoms with Gasteiger partial charge < -0.3 is 19.1 Å². The van der Waals surface area contributed by atoms with Crippen LogP contribution in [0.3, 0.4) is 0 Å². The average Bonchev–Trinajstić information content (AvgIpc) is 3.26. The topological polar surface area (TPSA) is 64.1 Å². The Kier molecular flexibility index (Phi) is 7.12. The van der Waals surface area contributed by atoms with E-state index < -0.39 is 0 Å². The SMILES string of the molecule is CCOc1cccc2sc(N(CCN(CC)CC)C(=O)c3ccc4c(c3)OCCO4)nc12. The van der Waals surface area contributed by atoms with Gasteiger partial charge in [-0.2, -0.15) is 0 Å². The minimum absolute atomic E-state index is 0.105. The average molecular weight is 456 g/mol. The number of carbonyl (C=O) groups excluding carboxylic acids is 1. The van der Waals surface area contributed by atoms with E-state index in [0.717, 1.165) is 35.6 Å². The number of hydrogen-bond donors (Lipinski definition) is 0. The predicted molar refractivity (Wildman–Crippen MR) is 128 cm³/mol. The van der Waals surface area contributed by atoms with Crippen LogP contribution in [-0.2, 0) is 0 Å². The Bertz CT molecular complexity index is 1080. The molecular weight excluding hydrogens is 426 g/mol. The lowest BCUT2D eigenvalue weighted by molar-refractivity contribution is 0.0982. The van der Waals surface area contributed by atoms with E-state index in [0.29, 0.717) is 48.6 Å². The highest BCUT2D eigenvalue weighted by Crippen LogP contribution is 2.36. The molecule has 1 aliphatic rings. The summed E-state index contributed by atoms with van der Waals surface area (Å²) < 4.78 is 18.0. The molecule has 0 saturated heterocycles. The van der Waals surface area contributed by atoms with Crippen molar-refractivity contribution >= 4 is 32.6 Å². The predicted octanol–water partition coefficient (Wildman–Crippen LogP) is 4.45. The van der Waals surface area contributed by atoms with Crippen molar-refractivity contribution in [1.82, 2.24) is 9.88 Å². The fourth-order valence-electron chi connectivity index (χ4n) is 3.70. The van der Waals surface area contributed by atoms with E-state index >= 15 is 0 Å². The van der Waals surface area contributed by atoms with Crippen molar-refractivity contribution in [2.45, 2.75) is 20.8 Å². The van der Waals surface area contributed by atoms with E-state index in [4.69, 9.17) is 19.2 Å². The first-order chi connectivity index (χ1) is 15.6. The van der Waals surface area contributed by atoms with E-state index in [1.54, 1.807) is 23.1 Å². The molecule has 7 nitrogen and oxygen atoms in total. The second kappa shape index (κ2) is 10.2. The summed E-state index contributed by atoms with van der Waals surface area (Å²) in [5.74, 6) is 1.91. The fraction of sp³-hybridized carbons (Fsp3) is 0.417. The number of fused-ring (bicyclic) bond motifs is 2.